The summed E-state index contributed by atoms with van der Waals surface area (Å²) in [5.74, 6) is 2.26. The van der Waals surface area contributed by atoms with Crippen LogP contribution in [0.15, 0.2) is 48.9 Å². The van der Waals surface area contributed by atoms with Crippen molar-refractivity contribution in [3.63, 3.8) is 0 Å². The molecule has 5 rings (SSSR count). The van der Waals surface area contributed by atoms with E-state index >= 15 is 0 Å². The van der Waals surface area contributed by atoms with E-state index in [2.05, 4.69) is 64.0 Å². The summed E-state index contributed by atoms with van der Waals surface area (Å²) in [6.07, 6.45) is 3.42. The maximum absolute atomic E-state index is 4.66. The molecule has 164 valence electrons. The number of pyridine rings is 1. The lowest BCUT2D eigenvalue weighted by Gasteiger charge is -2.27. The first-order valence-corrected chi connectivity index (χ1v) is 11.0. The molecule has 32 heavy (non-hydrogen) atoms. The first-order chi connectivity index (χ1) is 15.8. The number of nitrogens with one attached hydrogen (secondary N) is 4. The van der Waals surface area contributed by atoms with Gasteiger partial charge in [-0.1, -0.05) is 6.07 Å². The number of fused-ring (bicyclic) bond motifs is 1. The van der Waals surface area contributed by atoms with Gasteiger partial charge in [0.15, 0.2) is 0 Å². The number of hydrogen-bond acceptors (Lipinski definition) is 8. The highest BCUT2D eigenvalue weighted by atomic mass is 15.2. The fourth-order valence-corrected chi connectivity index (χ4v) is 3.91. The molecule has 0 atom stereocenters. The molecule has 1 aromatic carbocycles. The largest absolute Gasteiger partial charge is 0.370 e. The van der Waals surface area contributed by atoms with E-state index in [9.17, 15) is 0 Å². The van der Waals surface area contributed by atoms with E-state index in [1.165, 1.54) is 5.56 Å². The first-order valence-electron chi connectivity index (χ1n) is 11.0. The number of piperazine rings is 1. The third-order valence-electron chi connectivity index (χ3n) is 5.49. The van der Waals surface area contributed by atoms with Crippen molar-refractivity contribution in [1.82, 2.24) is 35.1 Å². The molecule has 0 aliphatic carbocycles. The number of rotatable bonds is 7. The van der Waals surface area contributed by atoms with Gasteiger partial charge in [0.1, 0.15) is 18.0 Å². The minimum atomic E-state index is 0.667. The average molecular weight is 430 g/mol. The summed E-state index contributed by atoms with van der Waals surface area (Å²) in [7, 11) is 0. The second kappa shape index (κ2) is 9.29. The van der Waals surface area contributed by atoms with Crippen LogP contribution in [0.1, 0.15) is 12.5 Å². The van der Waals surface area contributed by atoms with E-state index < -0.39 is 0 Å². The molecule has 0 unspecified atom stereocenters. The van der Waals surface area contributed by atoms with E-state index in [-0.39, 0.29) is 0 Å². The van der Waals surface area contributed by atoms with E-state index in [4.69, 9.17) is 0 Å². The van der Waals surface area contributed by atoms with Crippen LogP contribution in [-0.4, -0.2) is 62.5 Å². The van der Waals surface area contributed by atoms with Crippen molar-refractivity contribution in [2.24, 2.45) is 0 Å². The maximum atomic E-state index is 4.66. The Morgan fingerprint density at radius 1 is 1.00 bits per heavy atom. The molecule has 9 heteroatoms. The molecule has 4 heterocycles. The Labute approximate surface area is 186 Å². The summed E-state index contributed by atoms with van der Waals surface area (Å²) in [5.41, 5.74) is 4.93. The van der Waals surface area contributed by atoms with Gasteiger partial charge in [-0.25, -0.2) is 19.9 Å². The van der Waals surface area contributed by atoms with Gasteiger partial charge in [-0.05, 0) is 36.8 Å². The molecule has 0 radical (unpaired) electrons. The predicted molar refractivity (Wildman–Crippen MR) is 127 cm³/mol. The van der Waals surface area contributed by atoms with E-state index in [0.717, 1.165) is 73.2 Å². The molecular formula is C23H27N9. The quantitative estimate of drug-likeness (QED) is 0.355. The van der Waals surface area contributed by atoms with Gasteiger partial charge in [0.2, 0.25) is 5.95 Å². The van der Waals surface area contributed by atoms with E-state index in [1.807, 2.05) is 31.3 Å². The number of hydrogen-bond donors (Lipinski definition) is 4. The van der Waals surface area contributed by atoms with Crippen LogP contribution in [0.3, 0.4) is 0 Å². The minimum absolute atomic E-state index is 0.667. The molecule has 1 aliphatic rings. The maximum Gasteiger partial charge on any atom is 0.206 e. The topological polar surface area (TPSA) is 107 Å². The molecule has 1 saturated heterocycles. The summed E-state index contributed by atoms with van der Waals surface area (Å²) in [4.78, 5) is 23.6. The van der Waals surface area contributed by atoms with E-state index in [1.54, 1.807) is 6.33 Å². The van der Waals surface area contributed by atoms with Gasteiger partial charge < -0.3 is 20.9 Å². The molecular weight excluding hydrogens is 402 g/mol. The van der Waals surface area contributed by atoms with Gasteiger partial charge in [0.05, 0.1) is 16.7 Å². The summed E-state index contributed by atoms with van der Waals surface area (Å²) in [6.45, 7) is 8.01. The Bertz CT molecular complexity index is 1200. The van der Waals surface area contributed by atoms with Crippen molar-refractivity contribution >= 4 is 28.6 Å². The fourth-order valence-electron chi connectivity index (χ4n) is 3.91. The van der Waals surface area contributed by atoms with Gasteiger partial charge in [-0.3, -0.25) is 4.90 Å². The number of imidazole rings is 1. The Morgan fingerprint density at radius 2 is 1.91 bits per heavy atom. The summed E-state index contributed by atoms with van der Waals surface area (Å²) in [5, 5.41) is 9.92. The highest BCUT2D eigenvalue weighted by Crippen LogP contribution is 2.25. The summed E-state index contributed by atoms with van der Waals surface area (Å²) >= 11 is 0. The van der Waals surface area contributed by atoms with Gasteiger partial charge in [-0.15, -0.1) is 0 Å². The fraction of sp³-hybridized carbons (Fsp3) is 0.304. The van der Waals surface area contributed by atoms with Crippen LogP contribution in [-0.2, 0) is 6.54 Å². The van der Waals surface area contributed by atoms with Crippen molar-refractivity contribution in [3.8, 4) is 11.3 Å². The van der Waals surface area contributed by atoms with Crippen molar-refractivity contribution in [3.05, 3.63) is 54.5 Å². The Morgan fingerprint density at radius 3 is 2.78 bits per heavy atom. The molecule has 0 saturated carbocycles. The lowest BCUT2D eigenvalue weighted by Crippen LogP contribution is -2.42. The molecule has 0 bridgehead atoms. The number of benzene rings is 1. The van der Waals surface area contributed by atoms with Crippen LogP contribution in [0.4, 0.5) is 17.6 Å². The number of nitrogens with zero attached hydrogens (tertiary/aromatic N) is 5. The molecule has 1 fully saturated rings. The van der Waals surface area contributed by atoms with Gasteiger partial charge in [0, 0.05) is 57.1 Å². The molecule has 0 spiro atoms. The zero-order chi connectivity index (χ0) is 21.8. The molecule has 0 amide bonds. The normalized spacial score (nSPS) is 14.5. The van der Waals surface area contributed by atoms with Crippen molar-refractivity contribution in [2.75, 3.05) is 43.4 Å². The van der Waals surface area contributed by atoms with Crippen molar-refractivity contribution in [2.45, 2.75) is 13.5 Å². The van der Waals surface area contributed by atoms with Crippen LogP contribution < -0.4 is 16.0 Å². The zero-order valence-corrected chi connectivity index (χ0v) is 18.1. The number of aromatic nitrogens is 5. The SMILES string of the molecule is CCNc1cc(-c2ccc3nc(Nc4cc(CN5CCNCC5)ccn4)[nH]c3c2)ncn1. The lowest BCUT2D eigenvalue weighted by molar-refractivity contribution is 0.233. The Hall–Kier alpha value is -3.56. The van der Waals surface area contributed by atoms with Crippen molar-refractivity contribution in [1.29, 1.82) is 0 Å². The second-order valence-corrected chi connectivity index (χ2v) is 7.84. The monoisotopic (exact) mass is 429 g/mol. The molecule has 4 aromatic rings. The van der Waals surface area contributed by atoms with Crippen LogP contribution in [0.2, 0.25) is 0 Å². The summed E-state index contributed by atoms with van der Waals surface area (Å²) in [6, 6.07) is 12.2. The smallest absolute Gasteiger partial charge is 0.206 e. The van der Waals surface area contributed by atoms with Crippen molar-refractivity contribution < 1.29 is 0 Å². The standard InChI is InChI=1S/C23H27N9/c1-2-25-21-13-19(27-15-28-21)17-3-4-18-20(12-17)30-23(29-18)31-22-11-16(5-6-26-22)14-32-9-7-24-8-10-32/h3-6,11-13,15,24H,2,7-10,14H2,1H3,(H,25,27,28)(H2,26,29,30,31). The van der Waals surface area contributed by atoms with Gasteiger partial charge in [0.25, 0.3) is 0 Å². The highest BCUT2D eigenvalue weighted by Gasteiger charge is 2.11. The highest BCUT2D eigenvalue weighted by molar-refractivity contribution is 5.83. The Kier molecular flexibility index (Phi) is 5.91. The number of aromatic amines is 1. The molecule has 1 aliphatic heterocycles. The second-order valence-electron chi connectivity index (χ2n) is 7.84. The third kappa shape index (κ3) is 4.68. The van der Waals surface area contributed by atoms with Gasteiger partial charge in [-0.2, -0.15) is 0 Å². The van der Waals surface area contributed by atoms with Crippen LogP contribution in [0, 0.1) is 0 Å². The number of H-pyrrole nitrogens is 1. The summed E-state index contributed by atoms with van der Waals surface area (Å²) < 4.78 is 0. The zero-order valence-electron chi connectivity index (χ0n) is 18.1. The molecule has 9 nitrogen and oxygen atoms in total. The van der Waals surface area contributed by atoms with E-state index in [0.29, 0.717) is 5.95 Å². The molecule has 3 aromatic heterocycles. The number of anilines is 3. The van der Waals surface area contributed by atoms with Gasteiger partial charge >= 0.3 is 0 Å². The van der Waals surface area contributed by atoms with Crippen LogP contribution in [0.5, 0.6) is 0 Å². The predicted octanol–water partition coefficient (Wildman–Crippen LogP) is 3.00. The first kappa shape index (κ1) is 20.3. The lowest BCUT2D eigenvalue weighted by atomic mass is 10.1. The van der Waals surface area contributed by atoms with Crippen LogP contribution >= 0.6 is 0 Å². The average Bonchev–Trinajstić information content (AvgIpc) is 3.22. The Balaban J connectivity index is 1.33. The third-order valence-corrected chi connectivity index (χ3v) is 5.49. The molecule has 4 N–H and O–H groups in total. The van der Waals surface area contributed by atoms with Crippen LogP contribution in [0.25, 0.3) is 22.3 Å². The minimum Gasteiger partial charge on any atom is -0.370 e.